The number of primary amides is 1. The fourth-order valence-electron chi connectivity index (χ4n) is 4.39. The number of carbonyl (C=O) groups is 3. The van der Waals surface area contributed by atoms with E-state index in [4.69, 9.17) is 11.5 Å². The van der Waals surface area contributed by atoms with Crippen molar-refractivity contribution in [3.8, 4) is 0 Å². The summed E-state index contributed by atoms with van der Waals surface area (Å²) in [6.45, 7) is 3.94. The Bertz CT molecular complexity index is 1190. The van der Waals surface area contributed by atoms with Crippen LogP contribution >= 0.6 is 0 Å². The maximum atomic E-state index is 13.8. The number of rotatable bonds is 14. The average molecular weight is 532 g/mol. The molecule has 0 bridgehead atoms. The molecule has 10 heteroatoms. The summed E-state index contributed by atoms with van der Waals surface area (Å²) < 4.78 is 0. The van der Waals surface area contributed by atoms with Gasteiger partial charge in [-0.2, -0.15) is 5.10 Å². The van der Waals surface area contributed by atoms with E-state index in [-0.39, 0.29) is 24.0 Å². The number of imidazole rings is 1. The van der Waals surface area contributed by atoms with Crippen molar-refractivity contribution >= 4 is 23.4 Å². The Morgan fingerprint density at radius 1 is 0.949 bits per heavy atom. The zero-order valence-corrected chi connectivity index (χ0v) is 22.3. The molecule has 10 nitrogen and oxygen atoms in total. The summed E-state index contributed by atoms with van der Waals surface area (Å²) in [5.74, 6) is -1.06. The van der Waals surface area contributed by atoms with Crippen molar-refractivity contribution in [3.63, 3.8) is 0 Å². The molecule has 0 saturated carbocycles. The molecule has 1 aromatic heterocycles. The molecule has 0 spiro atoms. The first-order chi connectivity index (χ1) is 18.7. The monoisotopic (exact) mass is 531 g/mol. The van der Waals surface area contributed by atoms with Gasteiger partial charge in [0.1, 0.15) is 5.71 Å². The molecule has 0 saturated heterocycles. The molecule has 0 radical (unpaired) electrons. The SMILES string of the molecule is CC(C)C[C@H](NC(=O)C(Cc1ccccc1)Cc1ccccc1)C(=NNC(N)=O)C(=O)[C@@H](N)Cc1cnc[nH]1. The van der Waals surface area contributed by atoms with E-state index in [0.717, 1.165) is 11.1 Å². The fourth-order valence-corrected chi connectivity index (χ4v) is 4.39. The topological polar surface area (TPSA) is 168 Å². The van der Waals surface area contributed by atoms with Gasteiger partial charge in [-0.1, -0.05) is 74.5 Å². The van der Waals surface area contributed by atoms with Crippen LogP contribution in [0.3, 0.4) is 0 Å². The summed E-state index contributed by atoms with van der Waals surface area (Å²) in [4.78, 5) is 45.7. The third kappa shape index (κ3) is 9.50. The summed E-state index contributed by atoms with van der Waals surface area (Å²) in [7, 11) is 0. The first-order valence-corrected chi connectivity index (χ1v) is 13.0. The molecule has 3 amide bonds. The number of Topliss-reactive ketones (excluding diaryl/α,β-unsaturated/α-hetero) is 1. The van der Waals surface area contributed by atoms with E-state index in [1.807, 2.05) is 74.5 Å². The van der Waals surface area contributed by atoms with Gasteiger partial charge in [-0.25, -0.2) is 15.2 Å². The van der Waals surface area contributed by atoms with Gasteiger partial charge < -0.3 is 21.8 Å². The summed E-state index contributed by atoms with van der Waals surface area (Å²) in [6.07, 6.45) is 4.68. The summed E-state index contributed by atoms with van der Waals surface area (Å²) >= 11 is 0. The van der Waals surface area contributed by atoms with Crippen molar-refractivity contribution in [2.24, 2.45) is 28.4 Å². The minimum Gasteiger partial charge on any atom is -0.350 e. The maximum Gasteiger partial charge on any atom is 0.332 e. The number of aromatic nitrogens is 2. The van der Waals surface area contributed by atoms with Gasteiger partial charge in [-0.15, -0.1) is 0 Å². The van der Waals surface area contributed by atoms with Gasteiger partial charge in [0.2, 0.25) is 5.91 Å². The van der Waals surface area contributed by atoms with Crippen molar-refractivity contribution in [1.82, 2.24) is 20.7 Å². The van der Waals surface area contributed by atoms with Gasteiger partial charge in [-0.3, -0.25) is 9.59 Å². The molecule has 3 aromatic rings. The molecule has 0 aliphatic rings. The Morgan fingerprint density at radius 2 is 1.54 bits per heavy atom. The van der Waals surface area contributed by atoms with Crippen LogP contribution in [0.15, 0.2) is 78.3 Å². The number of aromatic amines is 1. The lowest BCUT2D eigenvalue weighted by molar-refractivity contribution is -0.125. The summed E-state index contributed by atoms with van der Waals surface area (Å²) in [5, 5.41) is 7.08. The molecule has 1 heterocycles. The largest absolute Gasteiger partial charge is 0.350 e. The van der Waals surface area contributed by atoms with Gasteiger partial charge in [0.05, 0.1) is 18.4 Å². The Labute approximate surface area is 228 Å². The highest BCUT2D eigenvalue weighted by atomic mass is 16.2. The molecule has 3 rings (SSSR count). The van der Waals surface area contributed by atoms with E-state index in [0.29, 0.717) is 25.0 Å². The molecule has 2 aromatic carbocycles. The number of carbonyl (C=O) groups excluding carboxylic acids is 3. The van der Waals surface area contributed by atoms with Gasteiger partial charge in [0, 0.05) is 24.2 Å². The number of ketones is 1. The predicted octanol–water partition coefficient (Wildman–Crippen LogP) is 2.51. The molecule has 206 valence electrons. The highest BCUT2D eigenvalue weighted by Gasteiger charge is 2.32. The van der Waals surface area contributed by atoms with Gasteiger partial charge >= 0.3 is 6.03 Å². The number of nitrogens with one attached hydrogen (secondary N) is 3. The van der Waals surface area contributed by atoms with Crippen LogP contribution in [0.5, 0.6) is 0 Å². The van der Waals surface area contributed by atoms with E-state index >= 15 is 0 Å². The lowest BCUT2D eigenvalue weighted by atomic mass is 9.89. The van der Waals surface area contributed by atoms with Crippen LogP contribution in [-0.4, -0.2) is 45.5 Å². The summed E-state index contributed by atoms with van der Waals surface area (Å²) in [5.41, 5.74) is 16.3. The average Bonchev–Trinajstić information content (AvgIpc) is 3.42. The Hall–Kier alpha value is -4.31. The van der Waals surface area contributed by atoms with Crippen molar-refractivity contribution in [3.05, 3.63) is 90.0 Å². The first kappa shape index (κ1) is 29.2. The minimum atomic E-state index is -0.977. The predicted molar refractivity (Wildman–Crippen MR) is 151 cm³/mol. The molecule has 39 heavy (non-hydrogen) atoms. The second-order valence-electron chi connectivity index (χ2n) is 9.99. The first-order valence-electron chi connectivity index (χ1n) is 13.0. The molecule has 7 N–H and O–H groups in total. The molecule has 0 unspecified atom stereocenters. The lowest BCUT2D eigenvalue weighted by Gasteiger charge is -2.26. The third-order valence-electron chi connectivity index (χ3n) is 6.24. The van der Waals surface area contributed by atoms with Crippen LogP contribution in [0, 0.1) is 11.8 Å². The van der Waals surface area contributed by atoms with Crippen molar-refractivity contribution in [2.45, 2.75) is 51.6 Å². The van der Waals surface area contributed by atoms with Crippen LogP contribution < -0.4 is 22.2 Å². The number of urea groups is 1. The zero-order chi connectivity index (χ0) is 28.2. The highest BCUT2D eigenvalue weighted by Crippen LogP contribution is 2.17. The second-order valence-corrected chi connectivity index (χ2v) is 9.99. The van der Waals surface area contributed by atoms with E-state index in [1.165, 1.54) is 6.33 Å². The van der Waals surface area contributed by atoms with Crippen molar-refractivity contribution in [2.75, 3.05) is 0 Å². The highest BCUT2D eigenvalue weighted by molar-refractivity contribution is 6.43. The summed E-state index contributed by atoms with van der Waals surface area (Å²) in [6, 6.07) is 16.9. The Balaban J connectivity index is 1.89. The number of benzene rings is 2. The van der Waals surface area contributed by atoms with Crippen LogP contribution in [0.2, 0.25) is 0 Å². The van der Waals surface area contributed by atoms with Crippen LogP contribution in [0.1, 0.15) is 37.1 Å². The molecular weight excluding hydrogens is 494 g/mol. The Morgan fingerprint density at radius 3 is 2.03 bits per heavy atom. The van der Waals surface area contributed by atoms with Crippen LogP contribution in [0.4, 0.5) is 4.79 Å². The van der Waals surface area contributed by atoms with E-state index in [1.54, 1.807) is 6.20 Å². The normalized spacial score (nSPS) is 13.2. The molecule has 0 aliphatic carbocycles. The lowest BCUT2D eigenvalue weighted by Crippen LogP contribution is -2.52. The number of hydrogen-bond acceptors (Lipinski definition) is 6. The number of H-pyrrole nitrogens is 1. The molecule has 0 aliphatic heterocycles. The van der Waals surface area contributed by atoms with Gasteiger partial charge in [0.25, 0.3) is 0 Å². The number of nitrogens with two attached hydrogens (primary N) is 2. The third-order valence-corrected chi connectivity index (χ3v) is 6.24. The van der Waals surface area contributed by atoms with Gasteiger partial charge in [-0.05, 0) is 36.3 Å². The van der Waals surface area contributed by atoms with E-state index < -0.39 is 29.8 Å². The van der Waals surface area contributed by atoms with Crippen molar-refractivity contribution in [1.29, 1.82) is 0 Å². The van der Waals surface area contributed by atoms with Crippen LogP contribution in [0.25, 0.3) is 0 Å². The number of amides is 3. The Kier molecular flexibility index (Phi) is 10.9. The van der Waals surface area contributed by atoms with E-state index in [9.17, 15) is 14.4 Å². The number of nitrogens with zero attached hydrogens (tertiary/aromatic N) is 2. The molecular formula is C29H37N7O3. The van der Waals surface area contributed by atoms with Crippen LogP contribution in [-0.2, 0) is 28.9 Å². The fraction of sp³-hybridized carbons (Fsp3) is 0.345. The van der Waals surface area contributed by atoms with Gasteiger partial charge in [0.15, 0.2) is 5.78 Å². The number of hydrazone groups is 1. The minimum absolute atomic E-state index is 0.0546. The van der Waals surface area contributed by atoms with Crippen molar-refractivity contribution < 1.29 is 14.4 Å². The molecule has 2 atom stereocenters. The zero-order valence-electron chi connectivity index (χ0n) is 22.3. The smallest absolute Gasteiger partial charge is 0.332 e. The molecule has 0 fully saturated rings. The number of hydrogen-bond donors (Lipinski definition) is 5. The quantitative estimate of drug-likeness (QED) is 0.159. The maximum absolute atomic E-state index is 13.8. The van der Waals surface area contributed by atoms with E-state index in [2.05, 4.69) is 25.8 Å². The standard InChI is InChI=1S/C29H37N7O3/c1-19(2)13-25(26(35-36-29(31)39)27(37)24(30)16-23-17-32-18-33-23)34-28(38)22(14-20-9-5-3-6-10-20)15-21-11-7-4-8-12-21/h3-12,17-19,22,24-25H,13-16,30H2,1-2H3,(H,32,33)(H,34,38)(H3,31,36,39)/t24-,25-/m0/s1. The second kappa shape index (κ2) is 14.6.